The number of hydrogen-bond acceptors (Lipinski definition) is 5. The maximum Gasteiger partial charge on any atom is 0.190 e. The Labute approximate surface area is 91.1 Å². The number of hydrogen-bond donors (Lipinski definition) is 2. The fourth-order valence-electron chi connectivity index (χ4n) is 1.37. The Morgan fingerprint density at radius 3 is 2.94 bits per heavy atom. The second kappa shape index (κ2) is 3.90. The molecule has 0 spiro atoms. The molecule has 0 atom stereocenters. The van der Waals surface area contributed by atoms with E-state index in [4.69, 9.17) is 10.00 Å². The van der Waals surface area contributed by atoms with Crippen LogP contribution >= 0.6 is 0 Å². The van der Waals surface area contributed by atoms with Crippen LogP contribution in [0.1, 0.15) is 5.69 Å². The number of aromatic nitrogens is 3. The van der Waals surface area contributed by atoms with Crippen molar-refractivity contribution in [2.24, 2.45) is 0 Å². The first-order chi connectivity index (χ1) is 7.77. The van der Waals surface area contributed by atoms with Gasteiger partial charge in [-0.05, 0) is 12.1 Å². The van der Waals surface area contributed by atoms with Crippen LogP contribution in [0.2, 0.25) is 0 Å². The topological polar surface area (TPSA) is 94.8 Å². The number of aromatic amines is 1. The third kappa shape index (κ3) is 1.44. The van der Waals surface area contributed by atoms with Crippen LogP contribution in [0.15, 0.2) is 18.2 Å². The molecule has 6 heteroatoms. The van der Waals surface area contributed by atoms with Crippen molar-refractivity contribution >= 4 is 0 Å². The molecule has 0 saturated heterocycles. The molecule has 16 heavy (non-hydrogen) atoms. The zero-order valence-electron chi connectivity index (χ0n) is 8.43. The highest BCUT2D eigenvalue weighted by atomic mass is 16.5. The zero-order chi connectivity index (χ0) is 11.5. The third-order valence-electron chi connectivity index (χ3n) is 2.13. The van der Waals surface area contributed by atoms with E-state index in [1.807, 2.05) is 6.07 Å². The van der Waals surface area contributed by atoms with Gasteiger partial charge in [0, 0.05) is 0 Å². The van der Waals surface area contributed by atoms with Crippen LogP contribution in [0.5, 0.6) is 11.5 Å². The van der Waals surface area contributed by atoms with Gasteiger partial charge in [-0.3, -0.25) is 0 Å². The number of aromatic hydroxyl groups is 1. The summed E-state index contributed by atoms with van der Waals surface area (Å²) in [5.74, 6) is 0.264. The minimum atomic E-state index is -0.0598. The Morgan fingerprint density at radius 1 is 1.44 bits per heavy atom. The number of nitriles is 1. The largest absolute Gasteiger partial charge is 0.504 e. The van der Waals surface area contributed by atoms with Crippen molar-refractivity contribution in [2.75, 3.05) is 7.11 Å². The number of methoxy groups -OCH3 is 1. The van der Waals surface area contributed by atoms with Crippen molar-refractivity contribution in [1.82, 2.24) is 15.4 Å². The molecule has 6 nitrogen and oxygen atoms in total. The van der Waals surface area contributed by atoms with Crippen LogP contribution in [-0.2, 0) is 0 Å². The summed E-state index contributed by atoms with van der Waals surface area (Å²) in [6.45, 7) is 0. The number of nitrogens with zero attached hydrogens (tertiary/aromatic N) is 3. The number of phenols is 1. The van der Waals surface area contributed by atoms with Crippen molar-refractivity contribution in [3.63, 3.8) is 0 Å². The van der Waals surface area contributed by atoms with Gasteiger partial charge in [0.2, 0.25) is 0 Å². The lowest BCUT2D eigenvalue weighted by Crippen LogP contribution is -1.88. The predicted octanol–water partition coefficient (Wildman–Crippen LogP) is 1.06. The smallest absolute Gasteiger partial charge is 0.190 e. The number of benzene rings is 1. The molecule has 80 valence electrons. The van der Waals surface area contributed by atoms with E-state index < -0.39 is 0 Å². The molecule has 0 saturated carbocycles. The summed E-state index contributed by atoms with van der Waals surface area (Å²) >= 11 is 0. The van der Waals surface area contributed by atoms with Crippen LogP contribution in [0.25, 0.3) is 11.3 Å². The van der Waals surface area contributed by atoms with Gasteiger partial charge < -0.3 is 9.84 Å². The van der Waals surface area contributed by atoms with Crippen LogP contribution in [0.3, 0.4) is 0 Å². The SMILES string of the molecule is COc1cccc(-c2n[nH]nc2C#N)c1O. The Kier molecular flexibility index (Phi) is 2.44. The lowest BCUT2D eigenvalue weighted by atomic mass is 10.1. The maximum absolute atomic E-state index is 9.86. The van der Waals surface area contributed by atoms with E-state index in [1.54, 1.807) is 18.2 Å². The summed E-state index contributed by atoms with van der Waals surface area (Å²) in [5, 5.41) is 28.5. The molecule has 0 bridgehead atoms. The fourth-order valence-corrected chi connectivity index (χ4v) is 1.37. The second-order valence-electron chi connectivity index (χ2n) is 2.99. The number of ether oxygens (including phenoxy) is 1. The van der Waals surface area contributed by atoms with E-state index in [0.717, 1.165) is 0 Å². The molecule has 0 aliphatic carbocycles. The molecular weight excluding hydrogens is 208 g/mol. The lowest BCUT2D eigenvalue weighted by Gasteiger charge is -2.06. The van der Waals surface area contributed by atoms with E-state index in [2.05, 4.69) is 15.4 Å². The summed E-state index contributed by atoms with van der Waals surface area (Å²) in [7, 11) is 1.45. The highest BCUT2D eigenvalue weighted by Crippen LogP contribution is 2.36. The van der Waals surface area contributed by atoms with Gasteiger partial charge in [0.25, 0.3) is 0 Å². The molecule has 0 fully saturated rings. The van der Waals surface area contributed by atoms with Crippen LogP contribution in [0.4, 0.5) is 0 Å². The number of H-pyrrole nitrogens is 1. The molecule has 2 N–H and O–H groups in total. The molecular formula is C10H8N4O2. The Balaban J connectivity index is 2.62. The Hall–Kier alpha value is -2.55. The Morgan fingerprint density at radius 2 is 2.25 bits per heavy atom. The van der Waals surface area contributed by atoms with Gasteiger partial charge in [0.15, 0.2) is 17.2 Å². The monoisotopic (exact) mass is 216 g/mol. The predicted molar refractivity (Wildman–Crippen MR) is 54.8 cm³/mol. The molecule has 1 aromatic heterocycles. The standard InChI is InChI=1S/C10H8N4O2/c1-16-8-4-2-3-6(10(8)15)9-7(5-11)12-14-13-9/h2-4,15H,1H3,(H,12,13,14). The quantitative estimate of drug-likeness (QED) is 0.782. The minimum Gasteiger partial charge on any atom is -0.504 e. The summed E-state index contributed by atoms with van der Waals surface area (Å²) in [4.78, 5) is 0. The second-order valence-corrected chi connectivity index (χ2v) is 2.99. The van der Waals surface area contributed by atoms with E-state index in [1.165, 1.54) is 7.11 Å². The van der Waals surface area contributed by atoms with Crippen LogP contribution in [0, 0.1) is 11.3 Å². The van der Waals surface area contributed by atoms with Gasteiger partial charge in [0.05, 0.1) is 12.7 Å². The summed E-state index contributed by atoms with van der Waals surface area (Å²) in [5.41, 5.74) is 0.840. The molecule has 1 heterocycles. The van der Waals surface area contributed by atoms with Gasteiger partial charge in [-0.15, -0.1) is 5.10 Å². The number of rotatable bonds is 2. The van der Waals surface area contributed by atoms with Crippen LogP contribution in [-0.4, -0.2) is 27.6 Å². The molecule has 0 aliphatic rings. The number of para-hydroxylation sites is 1. The highest BCUT2D eigenvalue weighted by Gasteiger charge is 2.16. The molecule has 0 radical (unpaired) electrons. The molecule has 0 amide bonds. The van der Waals surface area contributed by atoms with Crippen molar-refractivity contribution in [3.05, 3.63) is 23.9 Å². The molecule has 2 aromatic rings. The highest BCUT2D eigenvalue weighted by molar-refractivity contribution is 5.73. The summed E-state index contributed by atoms with van der Waals surface area (Å²) < 4.78 is 4.97. The Bertz CT molecular complexity index is 556. The van der Waals surface area contributed by atoms with Crippen molar-refractivity contribution < 1.29 is 9.84 Å². The fraction of sp³-hybridized carbons (Fsp3) is 0.100. The van der Waals surface area contributed by atoms with Gasteiger partial charge in [-0.2, -0.15) is 15.6 Å². The maximum atomic E-state index is 9.86. The summed E-state index contributed by atoms with van der Waals surface area (Å²) in [6.07, 6.45) is 0. The first-order valence-electron chi connectivity index (χ1n) is 4.45. The van der Waals surface area contributed by atoms with Gasteiger partial charge >= 0.3 is 0 Å². The first kappa shape index (κ1) is 9.98. The molecule has 2 rings (SSSR count). The van der Waals surface area contributed by atoms with Gasteiger partial charge in [-0.25, -0.2) is 0 Å². The third-order valence-corrected chi connectivity index (χ3v) is 2.13. The summed E-state index contributed by atoms with van der Waals surface area (Å²) in [6, 6.07) is 6.83. The number of nitrogens with one attached hydrogen (secondary N) is 1. The van der Waals surface area contributed by atoms with Crippen molar-refractivity contribution in [1.29, 1.82) is 5.26 Å². The van der Waals surface area contributed by atoms with Gasteiger partial charge in [-0.1, -0.05) is 6.07 Å². The number of phenolic OH excluding ortho intramolecular Hbond substituents is 1. The van der Waals surface area contributed by atoms with Crippen molar-refractivity contribution in [2.45, 2.75) is 0 Å². The van der Waals surface area contributed by atoms with Crippen LogP contribution < -0.4 is 4.74 Å². The molecule has 1 aromatic carbocycles. The molecule has 0 aliphatic heterocycles. The minimum absolute atomic E-state index is 0.0598. The van der Waals surface area contributed by atoms with Gasteiger partial charge in [0.1, 0.15) is 11.8 Å². The first-order valence-corrected chi connectivity index (χ1v) is 4.45. The lowest BCUT2D eigenvalue weighted by molar-refractivity contribution is 0.374. The van der Waals surface area contributed by atoms with E-state index >= 15 is 0 Å². The molecule has 0 unspecified atom stereocenters. The average molecular weight is 216 g/mol. The van der Waals surface area contributed by atoms with E-state index in [-0.39, 0.29) is 11.4 Å². The zero-order valence-corrected chi connectivity index (χ0v) is 8.43. The normalized spacial score (nSPS) is 9.75. The van der Waals surface area contributed by atoms with Crippen molar-refractivity contribution in [3.8, 4) is 28.8 Å². The van der Waals surface area contributed by atoms with E-state index in [9.17, 15) is 5.11 Å². The average Bonchev–Trinajstić information content (AvgIpc) is 2.77. The van der Waals surface area contributed by atoms with E-state index in [0.29, 0.717) is 17.0 Å².